The summed E-state index contributed by atoms with van der Waals surface area (Å²) in [5, 5.41) is 3.10. The molecule has 1 unspecified atom stereocenters. The second kappa shape index (κ2) is 7.43. The van der Waals surface area contributed by atoms with Gasteiger partial charge in [0.2, 0.25) is 0 Å². The van der Waals surface area contributed by atoms with E-state index in [9.17, 15) is 9.59 Å². The minimum Gasteiger partial charge on any atom is -0.480 e. The second-order valence-corrected chi connectivity index (χ2v) is 7.36. The van der Waals surface area contributed by atoms with E-state index in [1.54, 1.807) is 0 Å². The predicted molar refractivity (Wildman–Crippen MR) is 103 cm³/mol. The summed E-state index contributed by atoms with van der Waals surface area (Å²) in [7, 11) is 0. The van der Waals surface area contributed by atoms with Gasteiger partial charge in [-0.2, -0.15) is 0 Å². The van der Waals surface area contributed by atoms with Crippen molar-refractivity contribution >= 4 is 11.8 Å². The number of benzene rings is 2. The van der Waals surface area contributed by atoms with Crippen LogP contribution in [-0.4, -0.2) is 41.9 Å². The molecule has 0 saturated carbocycles. The predicted octanol–water partition coefficient (Wildman–Crippen LogP) is 2.72. The number of carbonyl (C=O) groups excluding carboxylic acids is 2. The average molecular weight is 364 g/mol. The molecule has 2 aliphatic heterocycles. The molecule has 5 heteroatoms. The van der Waals surface area contributed by atoms with E-state index in [4.69, 9.17) is 4.74 Å². The molecule has 0 bridgehead atoms. The van der Waals surface area contributed by atoms with E-state index >= 15 is 0 Å². The quantitative estimate of drug-likeness (QED) is 0.911. The first-order valence-corrected chi connectivity index (χ1v) is 9.51. The highest BCUT2D eigenvalue weighted by molar-refractivity contribution is 5.94. The van der Waals surface area contributed by atoms with Crippen molar-refractivity contribution in [2.24, 2.45) is 0 Å². The first-order chi connectivity index (χ1) is 13.1. The van der Waals surface area contributed by atoms with Crippen molar-refractivity contribution in [3.8, 4) is 5.75 Å². The maximum Gasteiger partial charge on any atom is 0.261 e. The van der Waals surface area contributed by atoms with Gasteiger partial charge in [-0.15, -0.1) is 0 Å². The highest BCUT2D eigenvalue weighted by atomic mass is 16.5. The zero-order valence-corrected chi connectivity index (χ0v) is 15.5. The summed E-state index contributed by atoms with van der Waals surface area (Å²) < 4.78 is 5.76. The van der Waals surface area contributed by atoms with E-state index in [0.717, 1.165) is 35.3 Å². The Morgan fingerprint density at radius 2 is 1.74 bits per heavy atom. The Hall–Kier alpha value is -2.82. The van der Waals surface area contributed by atoms with E-state index in [1.807, 2.05) is 60.4 Å². The fraction of sp³-hybridized carbons (Fsp3) is 0.364. The van der Waals surface area contributed by atoms with Crippen molar-refractivity contribution in [1.82, 2.24) is 10.2 Å². The number of nitrogens with zero attached hydrogens (tertiary/aromatic N) is 1. The molecule has 2 aromatic carbocycles. The molecule has 27 heavy (non-hydrogen) atoms. The first kappa shape index (κ1) is 17.6. The number of nitrogens with one attached hydrogen (secondary N) is 1. The van der Waals surface area contributed by atoms with E-state index < -0.39 is 6.10 Å². The lowest BCUT2D eigenvalue weighted by molar-refractivity contribution is -0.128. The topological polar surface area (TPSA) is 58.6 Å². The van der Waals surface area contributed by atoms with Crippen LogP contribution in [0.5, 0.6) is 5.75 Å². The van der Waals surface area contributed by atoms with Crippen molar-refractivity contribution < 1.29 is 14.3 Å². The van der Waals surface area contributed by atoms with Crippen LogP contribution in [-0.2, 0) is 11.2 Å². The number of hydrogen-bond donors (Lipinski definition) is 1. The largest absolute Gasteiger partial charge is 0.480 e. The van der Waals surface area contributed by atoms with Crippen LogP contribution in [0, 0.1) is 6.92 Å². The Morgan fingerprint density at radius 3 is 2.44 bits per heavy atom. The molecule has 5 nitrogen and oxygen atoms in total. The second-order valence-electron chi connectivity index (χ2n) is 7.36. The smallest absolute Gasteiger partial charge is 0.261 e. The zero-order chi connectivity index (χ0) is 18.8. The van der Waals surface area contributed by atoms with Gasteiger partial charge in [0.1, 0.15) is 5.75 Å². The maximum atomic E-state index is 12.6. The number of amides is 2. The SMILES string of the molecule is Cc1ccc(C(=O)N2CCC(NC(=O)C3Cc4ccccc4O3)CC2)cc1. The minimum atomic E-state index is -0.449. The van der Waals surface area contributed by atoms with Crippen LogP contribution >= 0.6 is 0 Å². The van der Waals surface area contributed by atoms with Gasteiger partial charge < -0.3 is 15.0 Å². The number of piperidine rings is 1. The summed E-state index contributed by atoms with van der Waals surface area (Å²) >= 11 is 0. The Labute approximate surface area is 159 Å². The molecular formula is C22H24N2O3. The zero-order valence-electron chi connectivity index (χ0n) is 15.5. The van der Waals surface area contributed by atoms with Crippen LogP contribution in [0.4, 0.5) is 0 Å². The maximum absolute atomic E-state index is 12.6. The van der Waals surface area contributed by atoms with E-state index in [0.29, 0.717) is 19.5 Å². The summed E-state index contributed by atoms with van der Waals surface area (Å²) in [5.74, 6) is 0.806. The molecule has 140 valence electrons. The van der Waals surface area contributed by atoms with Gasteiger partial charge in [0, 0.05) is 31.1 Å². The van der Waals surface area contributed by atoms with Crippen molar-refractivity contribution in [1.29, 1.82) is 0 Å². The Kier molecular flexibility index (Phi) is 4.84. The fourth-order valence-electron chi connectivity index (χ4n) is 3.73. The molecule has 1 atom stereocenters. The molecule has 0 aliphatic carbocycles. The van der Waals surface area contributed by atoms with Gasteiger partial charge in [-0.05, 0) is 43.5 Å². The van der Waals surface area contributed by atoms with Gasteiger partial charge >= 0.3 is 0 Å². The van der Waals surface area contributed by atoms with Crippen molar-refractivity contribution in [3.05, 3.63) is 65.2 Å². The average Bonchev–Trinajstić information content (AvgIpc) is 3.13. The molecule has 1 saturated heterocycles. The molecule has 2 heterocycles. The van der Waals surface area contributed by atoms with Crippen LogP contribution in [0.2, 0.25) is 0 Å². The minimum absolute atomic E-state index is 0.0606. The molecule has 2 aliphatic rings. The summed E-state index contributed by atoms with van der Waals surface area (Å²) in [6, 6.07) is 15.5. The molecule has 0 aromatic heterocycles. The van der Waals surface area contributed by atoms with Crippen LogP contribution < -0.4 is 10.1 Å². The highest BCUT2D eigenvalue weighted by Gasteiger charge is 2.31. The highest BCUT2D eigenvalue weighted by Crippen LogP contribution is 2.28. The number of likely N-dealkylation sites (tertiary alicyclic amines) is 1. The van der Waals surface area contributed by atoms with Gasteiger partial charge in [-0.1, -0.05) is 35.9 Å². The number of rotatable bonds is 3. The Morgan fingerprint density at radius 1 is 1.04 bits per heavy atom. The normalized spacial score (nSPS) is 19.3. The summed E-state index contributed by atoms with van der Waals surface area (Å²) in [6.45, 7) is 3.32. The van der Waals surface area contributed by atoms with Gasteiger partial charge in [0.15, 0.2) is 6.10 Å². The lowest BCUT2D eigenvalue weighted by atomic mass is 10.0. The molecular weight excluding hydrogens is 340 g/mol. The van der Waals surface area contributed by atoms with Crippen molar-refractivity contribution in [3.63, 3.8) is 0 Å². The van der Waals surface area contributed by atoms with E-state index in [1.165, 1.54) is 0 Å². The van der Waals surface area contributed by atoms with Crippen LogP contribution in [0.3, 0.4) is 0 Å². The van der Waals surface area contributed by atoms with Crippen LogP contribution in [0.1, 0.15) is 34.3 Å². The molecule has 1 fully saturated rings. The number of ether oxygens (including phenoxy) is 1. The number of hydrogen-bond acceptors (Lipinski definition) is 3. The number of carbonyl (C=O) groups is 2. The monoisotopic (exact) mass is 364 g/mol. The molecule has 2 amide bonds. The molecule has 0 spiro atoms. The van der Waals surface area contributed by atoms with Gasteiger partial charge in [0.25, 0.3) is 11.8 Å². The summed E-state index contributed by atoms with van der Waals surface area (Å²) in [4.78, 5) is 27.0. The van der Waals surface area contributed by atoms with E-state index in [2.05, 4.69) is 5.32 Å². The van der Waals surface area contributed by atoms with Crippen molar-refractivity contribution in [2.45, 2.75) is 38.3 Å². The lowest BCUT2D eigenvalue weighted by Crippen LogP contribution is -2.49. The van der Waals surface area contributed by atoms with Gasteiger partial charge in [-0.25, -0.2) is 0 Å². The van der Waals surface area contributed by atoms with Crippen LogP contribution in [0.25, 0.3) is 0 Å². The third-order valence-corrected chi connectivity index (χ3v) is 5.37. The lowest BCUT2D eigenvalue weighted by Gasteiger charge is -2.33. The van der Waals surface area contributed by atoms with Crippen LogP contribution in [0.15, 0.2) is 48.5 Å². The number of para-hydroxylation sites is 1. The molecule has 4 rings (SSSR count). The molecule has 0 radical (unpaired) electrons. The Balaban J connectivity index is 1.28. The number of aryl methyl sites for hydroxylation is 1. The fourth-order valence-corrected chi connectivity index (χ4v) is 3.73. The third-order valence-electron chi connectivity index (χ3n) is 5.37. The summed E-state index contributed by atoms with van der Waals surface area (Å²) in [5.41, 5.74) is 2.95. The first-order valence-electron chi connectivity index (χ1n) is 9.51. The standard InChI is InChI=1S/C22H24N2O3/c1-15-6-8-16(9-7-15)22(26)24-12-10-18(11-13-24)23-21(25)20-14-17-4-2-3-5-19(17)27-20/h2-9,18,20H,10-14H2,1H3,(H,23,25). The third kappa shape index (κ3) is 3.82. The Bertz CT molecular complexity index is 814. The van der Waals surface area contributed by atoms with Gasteiger partial charge in [-0.3, -0.25) is 9.59 Å². The molecule has 2 aromatic rings. The van der Waals surface area contributed by atoms with E-state index in [-0.39, 0.29) is 17.9 Å². The summed E-state index contributed by atoms with van der Waals surface area (Å²) in [6.07, 6.45) is 1.70. The van der Waals surface area contributed by atoms with Crippen molar-refractivity contribution in [2.75, 3.05) is 13.1 Å². The number of fused-ring (bicyclic) bond motifs is 1. The van der Waals surface area contributed by atoms with Gasteiger partial charge in [0.05, 0.1) is 0 Å². The molecule has 1 N–H and O–H groups in total.